The number of pyridine rings is 1. The first-order valence-corrected chi connectivity index (χ1v) is 4.81. The second-order valence-corrected chi connectivity index (χ2v) is 3.62. The van der Waals surface area contributed by atoms with Crippen LogP contribution < -0.4 is 5.73 Å². The van der Waals surface area contributed by atoms with Gasteiger partial charge in [-0.2, -0.15) is 13.2 Å². The second-order valence-electron chi connectivity index (χ2n) is 2.87. The average Bonchev–Trinajstić information content (AvgIpc) is 2.14. The Morgan fingerprint density at radius 3 is 2.31 bits per heavy atom. The molecular weight excluding hydrogens is 299 g/mol. The van der Waals surface area contributed by atoms with E-state index in [9.17, 15) is 22.0 Å². The number of nitrogens with zero attached hydrogens (tertiary/aromatic N) is 1. The van der Waals surface area contributed by atoms with Gasteiger partial charge in [0.15, 0.2) is 0 Å². The number of rotatable bonds is 2. The van der Waals surface area contributed by atoms with Crippen LogP contribution in [0.1, 0.15) is 23.2 Å². The topological polar surface area (TPSA) is 38.9 Å². The fourth-order valence-corrected chi connectivity index (χ4v) is 1.60. The highest BCUT2D eigenvalue weighted by molar-refractivity contribution is 9.10. The van der Waals surface area contributed by atoms with Crippen LogP contribution in [0.2, 0.25) is 0 Å². The summed E-state index contributed by atoms with van der Waals surface area (Å²) in [5, 5.41) is 0. The minimum absolute atomic E-state index is 0.323. The Balaban J connectivity index is 3.41. The largest absolute Gasteiger partial charge is 0.418 e. The van der Waals surface area contributed by atoms with Gasteiger partial charge < -0.3 is 5.73 Å². The molecular formula is C8H6BrF5N2. The van der Waals surface area contributed by atoms with E-state index in [1.807, 2.05) is 0 Å². The summed E-state index contributed by atoms with van der Waals surface area (Å²) in [6.45, 7) is -0.475. The quantitative estimate of drug-likeness (QED) is 0.673. The lowest BCUT2D eigenvalue weighted by atomic mass is 10.1. The third-order valence-electron chi connectivity index (χ3n) is 1.82. The Kier molecular flexibility index (Phi) is 3.84. The monoisotopic (exact) mass is 304 g/mol. The van der Waals surface area contributed by atoms with Gasteiger partial charge in [-0.3, -0.25) is 0 Å². The molecule has 0 aliphatic heterocycles. The first kappa shape index (κ1) is 13.3. The highest BCUT2D eigenvalue weighted by atomic mass is 79.9. The lowest BCUT2D eigenvalue weighted by Crippen LogP contribution is -2.15. The Morgan fingerprint density at radius 2 is 1.94 bits per heavy atom. The zero-order valence-corrected chi connectivity index (χ0v) is 9.24. The van der Waals surface area contributed by atoms with E-state index in [0.717, 1.165) is 0 Å². The standard InChI is InChI=1S/C8H6BrF5N2/c9-6-3(7(10)11)1-4(8(12,13)14)5(2-15)16-6/h1,7H,2,15H2. The molecule has 1 heterocycles. The van der Waals surface area contributed by atoms with Gasteiger partial charge in [-0.25, -0.2) is 13.8 Å². The molecule has 0 aliphatic rings. The highest BCUT2D eigenvalue weighted by Gasteiger charge is 2.35. The number of aromatic nitrogens is 1. The molecule has 0 saturated heterocycles. The summed E-state index contributed by atoms with van der Waals surface area (Å²) >= 11 is 2.68. The summed E-state index contributed by atoms with van der Waals surface area (Å²) in [4.78, 5) is 3.37. The predicted molar refractivity (Wildman–Crippen MR) is 49.8 cm³/mol. The molecule has 16 heavy (non-hydrogen) atoms. The van der Waals surface area contributed by atoms with Crippen LogP contribution >= 0.6 is 15.9 Å². The van der Waals surface area contributed by atoms with Crippen LogP contribution in [0.25, 0.3) is 0 Å². The molecule has 0 unspecified atom stereocenters. The molecule has 90 valence electrons. The van der Waals surface area contributed by atoms with E-state index in [1.54, 1.807) is 0 Å². The SMILES string of the molecule is NCc1nc(Br)c(C(F)F)cc1C(F)(F)F. The van der Waals surface area contributed by atoms with Crippen molar-refractivity contribution < 1.29 is 22.0 Å². The number of hydrogen-bond acceptors (Lipinski definition) is 2. The van der Waals surface area contributed by atoms with Gasteiger partial charge in [0.1, 0.15) is 4.60 Å². The molecule has 0 bridgehead atoms. The summed E-state index contributed by atoms with van der Waals surface area (Å²) in [6, 6.07) is 0.365. The molecule has 0 amide bonds. The first-order chi connectivity index (χ1) is 7.27. The molecule has 0 radical (unpaired) electrons. The second kappa shape index (κ2) is 4.62. The number of halogens is 6. The summed E-state index contributed by atoms with van der Waals surface area (Å²) < 4.78 is 61.8. The Labute approximate surface area is 95.8 Å². The van der Waals surface area contributed by atoms with Gasteiger partial charge in [0.2, 0.25) is 0 Å². The molecule has 0 aliphatic carbocycles. The lowest BCUT2D eigenvalue weighted by molar-refractivity contribution is -0.138. The maximum atomic E-state index is 12.5. The van der Waals surface area contributed by atoms with Crippen LogP contribution in [0, 0.1) is 0 Å². The molecule has 8 heteroatoms. The van der Waals surface area contributed by atoms with Crippen molar-refractivity contribution in [3.8, 4) is 0 Å². The summed E-state index contributed by atoms with van der Waals surface area (Å²) in [7, 11) is 0. The molecule has 0 spiro atoms. The van der Waals surface area contributed by atoms with Crippen molar-refractivity contribution in [1.29, 1.82) is 0 Å². The predicted octanol–water partition coefficient (Wildman–Crippen LogP) is 3.26. The molecule has 0 atom stereocenters. The molecule has 0 saturated carbocycles. The van der Waals surface area contributed by atoms with Crippen molar-refractivity contribution in [2.24, 2.45) is 5.73 Å². The molecule has 2 nitrogen and oxygen atoms in total. The number of hydrogen-bond donors (Lipinski definition) is 1. The normalized spacial score (nSPS) is 12.2. The molecule has 1 rings (SSSR count). The van der Waals surface area contributed by atoms with Gasteiger partial charge >= 0.3 is 6.18 Å². The van der Waals surface area contributed by atoms with Crippen molar-refractivity contribution in [3.63, 3.8) is 0 Å². The molecule has 0 fully saturated rings. The van der Waals surface area contributed by atoms with Crippen LogP contribution in [0.5, 0.6) is 0 Å². The van der Waals surface area contributed by atoms with Crippen LogP contribution in [-0.4, -0.2) is 4.98 Å². The minimum Gasteiger partial charge on any atom is -0.325 e. The van der Waals surface area contributed by atoms with Crippen molar-refractivity contribution >= 4 is 15.9 Å². The third kappa shape index (κ3) is 2.67. The molecule has 2 N–H and O–H groups in total. The van der Waals surface area contributed by atoms with E-state index in [0.29, 0.717) is 6.07 Å². The highest BCUT2D eigenvalue weighted by Crippen LogP contribution is 2.36. The summed E-state index contributed by atoms with van der Waals surface area (Å²) in [6.07, 6.45) is -7.78. The number of nitrogens with two attached hydrogens (primary N) is 1. The smallest absolute Gasteiger partial charge is 0.325 e. The zero-order valence-electron chi connectivity index (χ0n) is 7.65. The fraction of sp³-hybridized carbons (Fsp3) is 0.375. The first-order valence-electron chi connectivity index (χ1n) is 4.02. The van der Waals surface area contributed by atoms with Crippen molar-refractivity contribution in [2.45, 2.75) is 19.1 Å². The van der Waals surface area contributed by atoms with E-state index >= 15 is 0 Å². The van der Waals surface area contributed by atoms with E-state index in [-0.39, 0.29) is 4.60 Å². The Hall–Kier alpha value is -0.760. The van der Waals surface area contributed by atoms with Gasteiger partial charge in [-0.15, -0.1) is 0 Å². The van der Waals surface area contributed by atoms with Crippen LogP contribution in [0.15, 0.2) is 10.7 Å². The van der Waals surface area contributed by atoms with E-state index in [4.69, 9.17) is 5.73 Å². The Bertz CT molecular complexity index is 391. The van der Waals surface area contributed by atoms with Gasteiger partial charge in [0.25, 0.3) is 6.43 Å². The van der Waals surface area contributed by atoms with Gasteiger partial charge in [-0.1, -0.05) is 0 Å². The van der Waals surface area contributed by atoms with Gasteiger partial charge in [0.05, 0.1) is 16.8 Å². The third-order valence-corrected chi connectivity index (χ3v) is 2.45. The van der Waals surface area contributed by atoms with Crippen LogP contribution in [-0.2, 0) is 12.7 Å². The Morgan fingerprint density at radius 1 is 1.38 bits per heavy atom. The van der Waals surface area contributed by atoms with Gasteiger partial charge in [0, 0.05) is 6.54 Å². The molecule has 1 aromatic rings. The lowest BCUT2D eigenvalue weighted by Gasteiger charge is -2.13. The van der Waals surface area contributed by atoms with Crippen LogP contribution in [0.4, 0.5) is 22.0 Å². The summed E-state index contributed by atoms with van der Waals surface area (Å²) in [5.74, 6) is 0. The van der Waals surface area contributed by atoms with E-state index in [2.05, 4.69) is 20.9 Å². The minimum atomic E-state index is -4.74. The fourth-order valence-electron chi connectivity index (χ4n) is 1.10. The number of alkyl halides is 5. The van der Waals surface area contributed by atoms with E-state index < -0.39 is 36.0 Å². The van der Waals surface area contributed by atoms with Crippen molar-refractivity contribution in [3.05, 3.63) is 27.5 Å². The van der Waals surface area contributed by atoms with Crippen LogP contribution in [0.3, 0.4) is 0 Å². The van der Waals surface area contributed by atoms with E-state index in [1.165, 1.54) is 0 Å². The van der Waals surface area contributed by atoms with Gasteiger partial charge in [-0.05, 0) is 22.0 Å². The molecule has 0 aromatic carbocycles. The maximum Gasteiger partial charge on any atom is 0.418 e. The average molecular weight is 305 g/mol. The van der Waals surface area contributed by atoms with Crippen molar-refractivity contribution in [1.82, 2.24) is 4.98 Å². The molecule has 1 aromatic heterocycles. The van der Waals surface area contributed by atoms with Crippen molar-refractivity contribution in [2.75, 3.05) is 0 Å². The maximum absolute atomic E-state index is 12.5. The zero-order chi connectivity index (χ0) is 12.5. The summed E-state index contributed by atoms with van der Waals surface area (Å²) in [5.41, 5.74) is 2.57.